The Labute approximate surface area is 183 Å². The van der Waals surface area contributed by atoms with Crippen LogP contribution in [-0.2, 0) is 9.59 Å². The zero-order valence-corrected chi connectivity index (χ0v) is 18.5. The van der Waals surface area contributed by atoms with Gasteiger partial charge in [0.25, 0.3) is 0 Å². The number of halogens is 2. The first-order chi connectivity index (χ1) is 14.0. The molecule has 0 spiro atoms. The van der Waals surface area contributed by atoms with Crippen molar-refractivity contribution in [2.45, 2.75) is 38.6 Å². The van der Waals surface area contributed by atoms with Crippen LogP contribution in [0.15, 0.2) is 24.3 Å². The van der Waals surface area contributed by atoms with Gasteiger partial charge in [-0.3, -0.25) is 9.59 Å². The maximum absolute atomic E-state index is 12.7. The predicted octanol–water partition coefficient (Wildman–Crippen LogP) is 3.94. The van der Waals surface area contributed by atoms with E-state index in [1.807, 2.05) is 11.8 Å². The van der Waals surface area contributed by atoms with Gasteiger partial charge in [-0.05, 0) is 69.6 Å². The molecule has 0 N–H and O–H groups in total. The number of likely N-dealkylation sites (tertiary alicyclic amines) is 1. The Morgan fingerprint density at radius 2 is 1.83 bits per heavy atom. The van der Waals surface area contributed by atoms with Gasteiger partial charge in [0.15, 0.2) is 0 Å². The van der Waals surface area contributed by atoms with Crippen LogP contribution in [0.1, 0.15) is 38.2 Å². The van der Waals surface area contributed by atoms with E-state index in [2.05, 4.69) is 4.90 Å². The van der Waals surface area contributed by atoms with Crippen molar-refractivity contribution in [2.75, 3.05) is 39.3 Å². The second kappa shape index (κ2) is 10.5. The van der Waals surface area contributed by atoms with Gasteiger partial charge in [0.05, 0.1) is 10.0 Å². The van der Waals surface area contributed by atoms with Crippen LogP contribution in [0, 0.1) is 0 Å². The van der Waals surface area contributed by atoms with Crippen molar-refractivity contribution in [2.24, 2.45) is 0 Å². The topological polar surface area (TPSA) is 43.9 Å². The molecule has 2 aliphatic rings. The first-order valence-corrected chi connectivity index (χ1v) is 11.2. The molecule has 3 rings (SSSR count). The van der Waals surface area contributed by atoms with Gasteiger partial charge in [0, 0.05) is 25.7 Å². The Bertz CT molecular complexity index is 762. The lowest BCUT2D eigenvalue weighted by Gasteiger charge is -2.39. The lowest BCUT2D eigenvalue weighted by molar-refractivity contribution is -0.148. The van der Waals surface area contributed by atoms with E-state index in [4.69, 9.17) is 23.2 Å². The fourth-order valence-electron chi connectivity index (χ4n) is 4.00. The second-order valence-electron chi connectivity index (χ2n) is 7.80. The number of hydrogen-bond acceptors (Lipinski definition) is 3. The van der Waals surface area contributed by atoms with Gasteiger partial charge in [0.1, 0.15) is 6.04 Å². The van der Waals surface area contributed by atoms with Gasteiger partial charge in [-0.1, -0.05) is 35.7 Å². The molecule has 1 aromatic rings. The molecule has 2 heterocycles. The van der Waals surface area contributed by atoms with Crippen LogP contribution in [-0.4, -0.2) is 71.8 Å². The van der Waals surface area contributed by atoms with Crippen LogP contribution >= 0.6 is 23.2 Å². The van der Waals surface area contributed by atoms with Gasteiger partial charge in [-0.25, -0.2) is 0 Å². The van der Waals surface area contributed by atoms with Crippen molar-refractivity contribution < 1.29 is 9.59 Å². The largest absolute Gasteiger partial charge is 0.339 e. The minimum Gasteiger partial charge on any atom is -0.339 e. The standard InChI is InChI=1S/C22H29Cl2N3O2/c1-17-22(29)26(13-5-12-25-10-3-2-4-11-25)14-15-27(17)21(28)9-7-18-6-8-19(23)20(24)16-18/h6-9,16-17H,2-5,10-15H2,1H3/t17-/m1/s1. The highest BCUT2D eigenvalue weighted by molar-refractivity contribution is 6.42. The van der Waals surface area contributed by atoms with Crippen LogP contribution in [0.25, 0.3) is 6.08 Å². The number of carbonyl (C=O) groups excluding carboxylic acids is 2. The third-order valence-electron chi connectivity index (χ3n) is 5.74. The minimum absolute atomic E-state index is 0.0335. The monoisotopic (exact) mass is 437 g/mol. The summed E-state index contributed by atoms with van der Waals surface area (Å²) in [5.74, 6) is -0.129. The van der Waals surface area contributed by atoms with Crippen LogP contribution in [0.3, 0.4) is 0 Å². The highest BCUT2D eigenvalue weighted by atomic mass is 35.5. The van der Waals surface area contributed by atoms with Gasteiger partial charge < -0.3 is 14.7 Å². The van der Waals surface area contributed by atoms with Crippen molar-refractivity contribution in [1.82, 2.24) is 14.7 Å². The maximum Gasteiger partial charge on any atom is 0.247 e. The number of piperidine rings is 1. The van der Waals surface area contributed by atoms with Crippen molar-refractivity contribution in [3.8, 4) is 0 Å². The van der Waals surface area contributed by atoms with Crippen LogP contribution in [0.5, 0.6) is 0 Å². The van der Waals surface area contributed by atoms with Gasteiger partial charge >= 0.3 is 0 Å². The predicted molar refractivity (Wildman–Crippen MR) is 118 cm³/mol. The summed E-state index contributed by atoms with van der Waals surface area (Å²) in [6, 6.07) is 4.77. The molecule has 0 saturated carbocycles. The highest BCUT2D eigenvalue weighted by Gasteiger charge is 2.33. The molecule has 2 fully saturated rings. The molecule has 0 aromatic heterocycles. The van der Waals surface area contributed by atoms with Crippen LogP contribution < -0.4 is 0 Å². The Morgan fingerprint density at radius 3 is 2.55 bits per heavy atom. The Balaban J connectivity index is 1.49. The molecule has 0 radical (unpaired) electrons. The van der Waals surface area contributed by atoms with Crippen molar-refractivity contribution in [3.05, 3.63) is 39.9 Å². The second-order valence-corrected chi connectivity index (χ2v) is 8.61. The molecule has 2 aliphatic heterocycles. The molecule has 0 bridgehead atoms. The fourth-order valence-corrected chi connectivity index (χ4v) is 4.31. The molecule has 0 unspecified atom stereocenters. The summed E-state index contributed by atoms with van der Waals surface area (Å²) < 4.78 is 0. The molecule has 1 aromatic carbocycles. The number of benzene rings is 1. The van der Waals surface area contributed by atoms with E-state index in [1.165, 1.54) is 38.4 Å². The smallest absolute Gasteiger partial charge is 0.247 e. The maximum atomic E-state index is 12.7. The molecule has 0 aliphatic carbocycles. The normalized spacial score (nSPS) is 21.2. The first kappa shape index (κ1) is 22.1. The van der Waals surface area contributed by atoms with Crippen molar-refractivity contribution in [1.29, 1.82) is 0 Å². The van der Waals surface area contributed by atoms with E-state index in [-0.39, 0.29) is 11.8 Å². The lowest BCUT2D eigenvalue weighted by Crippen LogP contribution is -2.57. The molecule has 29 heavy (non-hydrogen) atoms. The molecule has 158 valence electrons. The molecule has 2 amide bonds. The molecule has 1 atom stereocenters. The third-order valence-corrected chi connectivity index (χ3v) is 6.48. The first-order valence-electron chi connectivity index (χ1n) is 10.4. The zero-order valence-electron chi connectivity index (χ0n) is 16.9. The van der Waals surface area contributed by atoms with E-state index in [1.54, 1.807) is 29.2 Å². The summed E-state index contributed by atoms with van der Waals surface area (Å²) >= 11 is 11.9. The SMILES string of the molecule is C[C@@H]1C(=O)N(CCCN2CCCCC2)CCN1C(=O)C=Cc1ccc(Cl)c(Cl)c1. The number of amides is 2. The van der Waals surface area contributed by atoms with Gasteiger partial charge in [-0.15, -0.1) is 0 Å². The summed E-state index contributed by atoms with van der Waals surface area (Å²) in [4.78, 5) is 31.4. The molecular formula is C22H29Cl2N3O2. The Hall–Kier alpha value is -1.56. The summed E-state index contributed by atoms with van der Waals surface area (Å²) in [7, 11) is 0. The van der Waals surface area contributed by atoms with Gasteiger partial charge in [0.2, 0.25) is 11.8 Å². The molecular weight excluding hydrogens is 409 g/mol. The van der Waals surface area contributed by atoms with E-state index in [9.17, 15) is 9.59 Å². The van der Waals surface area contributed by atoms with Gasteiger partial charge in [-0.2, -0.15) is 0 Å². The average Bonchev–Trinajstić information content (AvgIpc) is 2.72. The van der Waals surface area contributed by atoms with Crippen molar-refractivity contribution in [3.63, 3.8) is 0 Å². The number of hydrogen-bond donors (Lipinski definition) is 0. The Kier molecular flexibility index (Phi) is 7.99. The lowest BCUT2D eigenvalue weighted by atomic mass is 10.1. The summed E-state index contributed by atoms with van der Waals surface area (Å²) in [6.45, 7) is 7.13. The zero-order chi connectivity index (χ0) is 20.8. The number of rotatable bonds is 6. The summed E-state index contributed by atoms with van der Waals surface area (Å²) in [5.41, 5.74) is 0.795. The van der Waals surface area contributed by atoms with E-state index >= 15 is 0 Å². The van der Waals surface area contributed by atoms with Crippen LogP contribution in [0.2, 0.25) is 10.0 Å². The van der Waals surface area contributed by atoms with E-state index < -0.39 is 6.04 Å². The quantitative estimate of drug-likeness (QED) is 0.632. The molecule has 7 heteroatoms. The fraction of sp³-hybridized carbons (Fsp3) is 0.545. The van der Waals surface area contributed by atoms with E-state index in [0.29, 0.717) is 23.1 Å². The third kappa shape index (κ3) is 5.97. The number of carbonyl (C=O) groups is 2. The number of nitrogens with zero attached hydrogens (tertiary/aromatic N) is 3. The Morgan fingerprint density at radius 1 is 1.07 bits per heavy atom. The highest BCUT2D eigenvalue weighted by Crippen LogP contribution is 2.23. The van der Waals surface area contributed by atoms with E-state index in [0.717, 1.165) is 25.1 Å². The summed E-state index contributed by atoms with van der Waals surface area (Å²) in [5, 5.41) is 0.925. The van der Waals surface area contributed by atoms with Crippen LogP contribution in [0.4, 0.5) is 0 Å². The summed E-state index contributed by atoms with van der Waals surface area (Å²) in [6.07, 6.45) is 8.09. The minimum atomic E-state index is -0.440. The molecule has 2 saturated heterocycles. The molecule has 5 nitrogen and oxygen atoms in total. The number of piperazine rings is 1. The average molecular weight is 438 g/mol. The van der Waals surface area contributed by atoms with Crippen molar-refractivity contribution >= 4 is 41.1 Å².